The van der Waals surface area contributed by atoms with E-state index >= 15 is 0 Å². The molecule has 1 aromatic heterocycles. The van der Waals surface area contributed by atoms with Gasteiger partial charge < -0.3 is 9.32 Å². The Kier molecular flexibility index (Phi) is 7.40. The van der Waals surface area contributed by atoms with Gasteiger partial charge in [-0.15, -0.1) is 0 Å². The molecule has 10 aromatic rings. The molecule has 0 atom stereocenters. The van der Waals surface area contributed by atoms with E-state index < -0.39 is 0 Å². The first kappa shape index (κ1) is 30.9. The van der Waals surface area contributed by atoms with Gasteiger partial charge in [0.2, 0.25) is 0 Å². The van der Waals surface area contributed by atoms with E-state index in [1.807, 2.05) is 0 Å². The fraction of sp³-hybridized carbons (Fsp3) is 0.0196. The Morgan fingerprint density at radius 1 is 0.377 bits per heavy atom. The first-order valence-electron chi connectivity index (χ1n) is 18.2. The van der Waals surface area contributed by atoms with Gasteiger partial charge in [-0.05, 0) is 105 Å². The van der Waals surface area contributed by atoms with Gasteiger partial charge >= 0.3 is 0 Å². The SMILES string of the molecule is Cc1cccc(N(c2ccc(-c3cccc(-c4cccc5ccccc45)c3)cc2)c2ccccc2-c2cccc3c2oc2cc4ccccc4cc23)c1. The molecule has 0 unspecified atom stereocenters. The van der Waals surface area contributed by atoms with Crippen LogP contribution in [-0.2, 0) is 0 Å². The summed E-state index contributed by atoms with van der Waals surface area (Å²) in [5, 5.41) is 7.16. The van der Waals surface area contributed by atoms with Gasteiger partial charge in [0.15, 0.2) is 0 Å². The minimum Gasteiger partial charge on any atom is -0.455 e. The molecule has 1 heterocycles. The number of para-hydroxylation sites is 2. The minimum atomic E-state index is 0.899. The van der Waals surface area contributed by atoms with Gasteiger partial charge in [0, 0.05) is 33.3 Å². The maximum Gasteiger partial charge on any atom is 0.143 e. The van der Waals surface area contributed by atoms with Crippen molar-refractivity contribution in [3.63, 3.8) is 0 Å². The van der Waals surface area contributed by atoms with Crippen molar-refractivity contribution < 1.29 is 4.42 Å². The van der Waals surface area contributed by atoms with Crippen LogP contribution in [0.25, 0.3) is 76.9 Å². The van der Waals surface area contributed by atoms with E-state index in [0.29, 0.717) is 0 Å². The molecular weight excluding hydrogens is 643 g/mol. The summed E-state index contributed by atoms with van der Waals surface area (Å²) in [5.41, 5.74) is 13.3. The molecule has 0 aliphatic rings. The van der Waals surface area contributed by atoms with Crippen molar-refractivity contribution in [1.82, 2.24) is 0 Å². The maximum absolute atomic E-state index is 6.72. The summed E-state index contributed by atoms with van der Waals surface area (Å²) in [6.45, 7) is 2.15. The Hall–Kier alpha value is -6.90. The van der Waals surface area contributed by atoms with E-state index in [-0.39, 0.29) is 0 Å². The number of rotatable bonds is 6. The quantitative estimate of drug-likeness (QED) is 0.174. The van der Waals surface area contributed by atoms with E-state index in [1.165, 1.54) is 49.4 Å². The van der Waals surface area contributed by atoms with Crippen LogP contribution >= 0.6 is 0 Å². The van der Waals surface area contributed by atoms with Gasteiger partial charge in [-0.2, -0.15) is 0 Å². The molecular formula is C51H35NO. The Labute approximate surface area is 308 Å². The summed E-state index contributed by atoms with van der Waals surface area (Å²) in [6, 6.07) is 69.8. The average molecular weight is 678 g/mol. The molecule has 0 radical (unpaired) electrons. The number of hydrogen-bond donors (Lipinski definition) is 0. The molecule has 2 heteroatoms. The first-order valence-corrected chi connectivity index (χ1v) is 18.2. The molecule has 10 rings (SSSR count). The molecule has 0 spiro atoms. The van der Waals surface area contributed by atoms with Crippen molar-refractivity contribution >= 4 is 60.5 Å². The van der Waals surface area contributed by atoms with Crippen LogP contribution in [0.2, 0.25) is 0 Å². The number of nitrogens with zero attached hydrogens (tertiary/aromatic N) is 1. The zero-order valence-electron chi connectivity index (χ0n) is 29.3. The molecule has 9 aromatic carbocycles. The summed E-state index contributed by atoms with van der Waals surface area (Å²) in [7, 11) is 0. The molecule has 0 saturated carbocycles. The molecule has 0 fully saturated rings. The standard InChI is InChI=1S/C51H35NO/c1-34-12-8-19-42(30-34)52(41-28-26-35(27-29-41)37-17-9-18-40(31-37)44-22-10-16-36-13-4-5-20-43(36)44)49-25-7-6-21-45(49)46-23-11-24-47-48-32-38-14-2-3-15-39(38)33-50(48)53-51(46)47/h2-33H,1H3. The lowest BCUT2D eigenvalue weighted by Gasteiger charge is -2.28. The summed E-state index contributed by atoms with van der Waals surface area (Å²) in [4.78, 5) is 2.37. The summed E-state index contributed by atoms with van der Waals surface area (Å²) < 4.78 is 6.72. The highest BCUT2D eigenvalue weighted by molar-refractivity contribution is 6.14. The van der Waals surface area contributed by atoms with Crippen LogP contribution in [0.5, 0.6) is 0 Å². The number of anilines is 3. The monoisotopic (exact) mass is 677 g/mol. The highest BCUT2D eigenvalue weighted by atomic mass is 16.3. The largest absolute Gasteiger partial charge is 0.455 e. The minimum absolute atomic E-state index is 0.899. The lowest BCUT2D eigenvalue weighted by atomic mass is 9.95. The first-order chi connectivity index (χ1) is 26.2. The predicted molar refractivity (Wildman–Crippen MR) is 224 cm³/mol. The third kappa shape index (κ3) is 5.44. The molecule has 53 heavy (non-hydrogen) atoms. The molecule has 0 bridgehead atoms. The van der Waals surface area contributed by atoms with Gasteiger partial charge in [0.05, 0.1) is 5.69 Å². The molecule has 0 amide bonds. The van der Waals surface area contributed by atoms with Crippen molar-refractivity contribution in [2.45, 2.75) is 6.92 Å². The van der Waals surface area contributed by atoms with Crippen molar-refractivity contribution in [2.75, 3.05) is 4.90 Å². The Balaban J connectivity index is 1.09. The van der Waals surface area contributed by atoms with Crippen LogP contribution in [0, 0.1) is 6.92 Å². The summed E-state index contributed by atoms with van der Waals surface area (Å²) >= 11 is 0. The lowest BCUT2D eigenvalue weighted by molar-refractivity contribution is 0.670. The highest BCUT2D eigenvalue weighted by Crippen LogP contribution is 2.45. The number of hydrogen-bond acceptors (Lipinski definition) is 2. The number of benzene rings is 9. The topological polar surface area (TPSA) is 16.4 Å². The zero-order chi connectivity index (χ0) is 35.3. The lowest BCUT2D eigenvalue weighted by Crippen LogP contribution is -2.11. The molecule has 250 valence electrons. The van der Waals surface area contributed by atoms with E-state index in [0.717, 1.165) is 50.1 Å². The van der Waals surface area contributed by atoms with Crippen LogP contribution in [0.15, 0.2) is 199 Å². The third-order valence-corrected chi connectivity index (χ3v) is 10.5. The highest BCUT2D eigenvalue weighted by Gasteiger charge is 2.21. The van der Waals surface area contributed by atoms with Gasteiger partial charge in [0.1, 0.15) is 11.2 Å². The van der Waals surface area contributed by atoms with Gasteiger partial charge in [-0.1, -0.05) is 146 Å². The van der Waals surface area contributed by atoms with Crippen LogP contribution < -0.4 is 4.90 Å². The second-order valence-corrected chi connectivity index (χ2v) is 13.8. The van der Waals surface area contributed by atoms with Crippen molar-refractivity contribution in [3.8, 4) is 33.4 Å². The van der Waals surface area contributed by atoms with Gasteiger partial charge in [-0.25, -0.2) is 0 Å². The molecule has 0 aliphatic heterocycles. The van der Waals surface area contributed by atoms with Gasteiger partial charge in [0.25, 0.3) is 0 Å². The Bertz CT molecular complexity index is 2960. The third-order valence-electron chi connectivity index (χ3n) is 10.5. The Morgan fingerprint density at radius 2 is 1.02 bits per heavy atom. The fourth-order valence-electron chi connectivity index (χ4n) is 7.93. The van der Waals surface area contributed by atoms with E-state index in [9.17, 15) is 0 Å². The number of furan rings is 1. The molecule has 0 N–H and O–H groups in total. The van der Waals surface area contributed by atoms with E-state index in [1.54, 1.807) is 0 Å². The van der Waals surface area contributed by atoms with Gasteiger partial charge in [-0.3, -0.25) is 0 Å². The number of fused-ring (bicyclic) bond motifs is 5. The summed E-state index contributed by atoms with van der Waals surface area (Å²) in [6.07, 6.45) is 0. The van der Waals surface area contributed by atoms with Crippen LogP contribution in [-0.4, -0.2) is 0 Å². The van der Waals surface area contributed by atoms with E-state index in [4.69, 9.17) is 4.42 Å². The van der Waals surface area contributed by atoms with Crippen LogP contribution in [0.4, 0.5) is 17.1 Å². The van der Waals surface area contributed by atoms with Crippen molar-refractivity contribution in [3.05, 3.63) is 200 Å². The van der Waals surface area contributed by atoms with E-state index in [2.05, 4.69) is 206 Å². The maximum atomic E-state index is 6.72. The Morgan fingerprint density at radius 3 is 1.89 bits per heavy atom. The summed E-state index contributed by atoms with van der Waals surface area (Å²) in [5.74, 6) is 0. The van der Waals surface area contributed by atoms with Crippen molar-refractivity contribution in [2.24, 2.45) is 0 Å². The zero-order valence-corrected chi connectivity index (χ0v) is 29.3. The molecule has 0 saturated heterocycles. The number of aryl methyl sites for hydroxylation is 1. The molecule has 2 nitrogen and oxygen atoms in total. The van der Waals surface area contributed by atoms with Crippen molar-refractivity contribution in [1.29, 1.82) is 0 Å². The normalized spacial score (nSPS) is 11.5. The predicted octanol–water partition coefficient (Wildman–Crippen LogP) is 14.7. The average Bonchev–Trinajstić information content (AvgIpc) is 3.58. The smallest absolute Gasteiger partial charge is 0.143 e. The second-order valence-electron chi connectivity index (χ2n) is 13.8. The second kappa shape index (κ2) is 12.7. The van der Waals surface area contributed by atoms with Crippen LogP contribution in [0.3, 0.4) is 0 Å². The fourth-order valence-corrected chi connectivity index (χ4v) is 7.93. The van der Waals surface area contributed by atoms with Crippen LogP contribution in [0.1, 0.15) is 5.56 Å². The molecule has 0 aliphatic carbocycles.